The molecular formula is C14H24N4O3S. The summed E-state index contributed by atoms with van der Waals surface area (Å²) in [6, 6.07) is 0.0543. The minimum absolute atomic E-state index is 0.225. The lowest BCUT2D eigenvalue weighted by Crippen LogP contribution is -2.48. The third-order valence-corrected chi connectivity index (χ3v) is 5.87. The summed E-state index contributed by atoms with van der Waals surface area (Å²) in [5, 5.41) is 4.61. The predicted molar refractivity (Wildman–Crippen MR) is 82.7 cm³/mol. The van der Waals surface area contributed by atoms with Crippen molar-refractivity contribution < 1.29 is 13.2 Å². The highest BCUT2D eigenvalue weighted by atomic mass is 32.2. The van der Waals surface area contributed by atoms with Crippen LogP contribution in [0.15, 0.2) is 6.20 Å². The van der Waals surface area contributed by atoms with Crippen LogP contribution in [-0.4, -0.2) is 48.8 Å². The summed E-state index contributed by atoms with van der Waals surface area (Å²) >= 11 is 0. The molecule has 1 aromatic heterocycles. The summed E-state index contributed by atoms with van der Waals surface area (Å²) in [7, 11) is -3.48. The average Bonchev–Trinajstić information content (AvgIpc) is 2.93. The Balaban J connectivity index is 1.79. The number of morpholine rings is 1. The van der Waals surface area contributed by atoms with Crippen molar-refractivity contribution in [1.82, 2.24) is 18.8 Å². The highest BCUT2D eigenvalue weighted by Gasteiger charge is 2.31. The number of fused-ring (bicyclic) bond motifs is 1. The molecule has 0 unspecified atom stereocenters. The number of hydrogen-bond acceptors (Lipinski definition) is 4. The van der Waals surface area contributed by atoms with Crippen molar-refractivity contribution in [2.45, 2.75) is 45.2 Å². The molecule has 1 aliphatic heterocycles. The van der Waals surface area contributed by atoms with E-state index in [0.717, 1.165) is 30.5 Å². The largest absolute Gasteiger partial charge is 0.379 e. The Morgan fingerprint density at radius 2 is 2.09 bits per heavy atom. The molecule has 1 aromatic rings. The van der Waals surface area contributed by atoms with E-state index >= 15 is 0 Å². The van der Waals surface area contributed by atoms with Gasteiger partial charge in [0.2, 0.25) is 0 Å². The van der Waals surface area contributed by atoms with E-state index in [4.69, 9.17) is 4.74 Å². The van der Waals surface area contributed by atoms with Gasteiger partial charge in [-0.1, -0.05) is 0 Å². The number of nitrogens with zero attached hydrogens (tertiary/aromatic N) is 3. The number of nitrogens with one attached hydrogen (secondary N) is 1. The molecule has 8 heteroatoms. The van der Waals surface area contributed by atoms with Crippen molar-refractivity contribution in [2.75, 3.05) is 26.3 Å². The first-order valence-corrected chi connectivity index (χ1v) is 9.34. The van der Waals surface area contributed by atoms with Crippen LogP contribution >= 0.6 is 0 Å². The van der Waals surface area contributed by atoms with Crippen molar-refractivity contribution in [1.29, 1.82) is 0 Å². The topological polar surface area (TPSA) is 76.5 Å². The first-order chi connectivity index (χ1) is 10.5. The van der Waals surface area contributed by atoms with Crippen molar-refractivity contribution in [2.24, 2.45) is 0 Å². The quantitative estimate of drug-likeness (QED) is 0.895. The first-order valence-electron chi connectivity index (χ1n) is 7.90. The Kier molecular flexibility index (Phi) is 4.54. The maximum absolute atomic E-state index is 12.5. The van der Waals surface area contributed by atoms with E-state index < -0.39 is 10.2 Å². The molecule has 7 nitrogen and oxygen atoms in total. The Labute approximate surface area is 131 Å². The third-order valence-electron chi connectivity index (χ3n) is 4.24. The lowest BCUT2D eigenvalue weighted by atomic mass is 9.94. The predicted octanol–water partition coefficient (Wildman–Crippen LogP) is 1.01. The Morgan fingerprint density at radius 3 is 2.77 bits per heavy atom. The van der Waals surface area contributed by atoms with Crippen LogP contribution in [0.4, 0.5) is 0 Å². The third kappa shape index (κ3) is 3.19. The fourth-order valence-corrected chi connectivity index (χ4v) is 4.35. The van der Waals surface area contributed by atoms with Crippen LogP contribution in [0.5, 0.6) is 0 Å². The van der Waals surface area contributed by atoms with Gasteiger partial charge in [0.25, 0.3) is 10.2 Å². The number of ether oxygens (including phenoxy) is 1. The Bertz CT molecular complexity index is 620. The highest BCUT2D eigenvalue weighted by molar-refractivity contribution is 7.87. The van der Waals surface area contributed by atoms with E-state index in [0.29, 0.717) is 26.3 Å². The van der Waals surface area contributed by atoms with Gasteiger partial charge in [-0.2, -0.15) is 22.5 Å². The molecular weight excluding hydrogens is 304 g/mol. The zero-order chi connectivity index (χ0) is 15.7. The van der Waals surface area contributed by atoms with Gasteiger partial charge >= 0.3 is 0 Å². The Morgan fingerprint density at radius 1 is 1.36 bits per heavy atom. The van der Waals surface area contributed by atoms with Crippen LogP contribution in [0, 0.1) is 0 Å². The van der Waals surface area contributed by atoms with Crippen LogP contribution < -0.4 is 4.72 Å². The summed E-state index contributed by atoms with van der Waals surface area (Å²) in [4.78, 5) is 0. The zero-order valence-corrected chi connectivity index (χ0v) is 14.0. The lowest BCUT2D eigenvalue weighted by molar-refractivity contribution is 0.0722. The van der Waals surface area contributed by atoms with Crippen molar-refractivity contribution in [3.05, 3.63) is 17.5 Å². The molecule has 0 bridgehead atoms. The second kappa shape index (κ2) is 6.27. The summed E-state index contributed by atoms with van der Waals surface area (Å²) in [5.41, 5.74) is 2.05. The second-order valence-corrected chi connectivity index (χ2v) is 7.89. The summed E-state index contributed by atoms with van der Waals surface area (Å²) in [6.07, 6.45) is 4.80. The standard InChI is InChI=1S/C14H24N4O3S/c1-11(2)18-10-12-4-3-5-13(14(12)15-18)16-22(19,20)17-6-8-21-9-7-17/h10-11,13,16H,3-9H2,1-2H3/t13-/m1/s1. The molecule has 0 aromatic carbocycles. The molecule has 2 heterocycles. The molecule has 1 fully saturated rings. The molecule has 1 N–H and O–H groups in total. The second-order valence-electron chi connectivity index (χ2n) is 6.19. The smallest absolute Gasteiger partial charge is 0.280 e. The van der Waals surface area contributed by atoms with Gasteiger partial charge in [-0.25, -0.2) is 0 Å². The fourth-order valence-electron chi connectivity index (χ4n) is 2.98. The van der Waals surface area contributed by atoms with E-state index in [1.54, 1.807) is 0 Å². The molecule has 22 heavy (non-hydrogen) atoms. The summed E-state index contributed by atoms with van der Waals surface area (Å²) in [5.74, 6) is 0. The van der Waals surface area contributed by atoms with Gasteiger partial charge in [0.15, 0.2) is 0 Å². The van der Waals surface area contributed by atoms with E-state index in [9.17, 15) is 8.42 Å². The Hall–Kier alpha value is -0.960. The number of aryl methyl sites for hydroxylation is 1. The van der Waals surface area contributed by atoms with Gasteiger partial charge in [-0.15, -0.1) is 0 Å². The lowest BCUT2D eigenvalue weighted by Gasteiger charge is -2.29. The molecule has 3 rings (SSSR count). The van der Waals surface area contributed by atoms with Gasteiger partial charge in [-0.05, 0) is 38.7 Å². The van der Waals surface area contributed by atoms with Crippen molar-refractivity contribution >= 4 is 10.2 Å². The molecule has 2 aliphatic rings. The van der Waals surface area contributed by atoms with Crippen molar-refractivity contribution in [3.8, 4) is 0 Å². The van der Waals surface area contributed by atoms with Gasteiger partial charge in [0, 0.05) is 25.3 Å². The SMILES string of the molecule is CC(C)n1cc2c(n1)[C@H](NS(=O)(=O)N1CCOCC1)CCC2. The summed E-state index contributed by atoms with van der Waals surface area (Å²) in [6.45, 7) is 5.89. The molecule has 124 valence electrons. The fraction of sp³-hybridized carbons (Fsp3) is 0.786. The number of aromatic nitrogens is 2. The van der Waals surface area contributed by atoms with Crippen LogP contribution in [0.3, 0.4) is 0 Å². The highest BCUT2D eigenvalue weighted by Crippen LogP contribution is 2.30. The van der Waals surface area contributed by atoms with Crippen LogP contribution in [0.2, 0.25) is 0 Å². The molecule has 0 spiro atoms. The monoisotopic (exact) mass is 328 g/mol. The summed E-state index contributed by atoms with van der Waals surface area (Å²) < 4.78 is 36.5. The molecule has 0 radical (unpaired) electrons. The maximum Gasteiger partial charge on any atom is 0.280 e. The normalized spacial score (nSPS) is 23.7. The van der Waals surface area contributed by atoms with Gasteiger partial charge in [0.1, 0.15) is 0 Å². The maximum atomic E-state index is 12.5. The van der Waals surface area contributed by atoms with Crippen molar-refractivity contribution in [3.63, 3.8) is 0 Å². The van der Waals surface area contributed by atoms with Crippen LogP contribution in [-0.2, 0) is 21.4 Å². The number of hydrogen-bond donors (Lipinski definition) is 1. The van der Waals surface area contributed by atoms with E-state index in [1.165, 1.54) is 4.31 Å². The molecule has 0 saturated carbocycles. The average molecular weight is 328 g/mol. The minimum Gasteiger partial charge on any atom is -0.379 e. The van der Waals surface area contributed by atoms with E-state index in [1.807, 2.05) is 4.68 Å². The molecule has 1 aliphatic carbocycles. The van der Waals surface area contributed by atoms with Gasteiger partial charge in [-0.3, -0.25) is 4.68 Å². The molecule has 0 amide bonds. The molecule has 1 atom stereocenters. The first kappa shape index (κ1) is 15.9. The van der Waals surface area contributed by atoms with Crippen LogP contribution in [0.25, 0.3) is 0 Å². The van der Waals surface area contributed by atoms with E-state index in [-0.39, 0.29) is 12.1 Å². The van der Waals surface area contributed by atoms with Gasteiger partial charge in [0.05, 0.1) is 24.9 Å². The van der Waals surface area contributed by atoms with Gasteiger partial charge < -0.3 is 4.74 Å². The van der Waals surface area contributed by atoms with Crippen LogP contribution in [0.1, 0.15) is 50.0 Å². The molecule has 1 saturated heterocycles. The minimum atomic E-state index is -3.48. The zero-order valence-electron chi connectivity index (χ0n) is 13.2. The van der Waals surface area contributed by atoms with E-state index in [2.05, 4.69) is 29.9 Å². The number of rotatable bonds is 4.